The summed E-state index contributed by atoms with van der Waals surface area (Å²) in [5.41, 5.74) is -0.115. The van der Waals surface area contributed by atoms with Crippen LogP contribution in [-0.2, 0) is 6.18 Å². The highest BCUT2D eigenvalue weighted by atomic mass is 19.4. The van der Waals surface area contributed by atoms with E-state index in [9.17, 15) is 18.0 Å². The van der Waals surface area contributed by atoms with Crippen molar-refractivity contribution in [1.29, 1.82) is 0 Å². The predicted octanol–water partition coefficient (Wildman–Crippen LogP) is 5.75. The molecule has 0 aromatic heterocycles. The lowest BCUT2D eigenvalue weighted by Crippen LogP contribution is -2.12. The number of carbonyl (C=O) groups is 1. The Kier molecular flexibility index (Phi) is 4.93. The summed E-state index contributed by atoms with van der Waals surface area (Å²) >= 11 is 0. The summed E-state index contributed by atoms with van der Waals surface area (Å²) in [5.74, 6) is 0.827. The Labute approximate surface area is 148 Å². The molecule has 3 nitrogen and oxygen atoms in total. The van der Waals surface area contributed by atoms with Crippen molar-refractivity contribution >= 4 is 11.6 Å². The minimum atomic E-state index is -4.41. The first-order valence-corrected chi connectivity index (χ1v) is 7.73. The third kappa shape index (κ3) is 4.42. The van der Waals surface area contributed by atoms with Crippen LogP contribution in [-0.4, -0.2) is 5.91 Å². The number of amides is 1. The average Bonchev–Trinajstić information content (AvgIpc) is 2.63. The highest BCUT2D eigenvalue weighted by Gasteiger charge is 2.29. The Hall–Kier alpha value is -3.28. The van der Waals surface area contributed by atoms with E-state index < -0.39 is 17.6 Å². The van der Waals surface area contributed by atoms with Crippen LogP contribution in [0.15, 0.2) is 78.9 Å². The van der Waals surface area contributed by atoms with Crippen LogP contribution in [0.1, 0.15) is 15.9 Å². The van der Waals surface area contributed by atoms with E-state index in [-0.39, 0.29) is 5.69 Å². The molecule has 1 amide bonds. The molecule has 3 rings (SSSR count). The molecule has 0 bridgehead atoms. The SMILES string of the molecule is O=C(Nc1ccc(C(F)(F)F)cc1)c1ccc(Oc2ccccc2)cc1. The zero-order valence-corrected chi connectivity index (χ0v) is 13.5. The van der Waals surface area contributed by atoms with E-state index in [0.29, 0.717) is 17.1 Å². The topological polar surface area (TPSA) is 38.3 Å². The van der Waals surface area contributed by atoms with Crippen molar-refractivity contribution in [2.75, 3.05) is 5.32 Å². The smallest absolute Gasteiger partial charge is 0.416 e. The van der Waals surface area contributed by atoms with Crippen molar-refractivity contribution in [1.82, 2.24) is 0 Å². The number of benzene rings is 3. The van der Waals surface area contributed by atoms with E-state index in [2.05, 4.69) is 5.32 Å². The number of nitrogens with one attached hydrogen (secondary N) is 1. The van der Waals surface area contributed by atoms with Gasteiger partial charge in [-0.05, 0) is 60.7 Å². The molecule has 6 heteroatoms. The number of anilines is 1. The van der Waals surface area contributed by atoms with Gasteiger partial charge in [-0.2, -0.15) is 13.2 Å². The average molecular weight is 357 g/mol. The summed E-state index contributed by atoms with van der Waals surface area (Å²) in [7, 11) is 0. The minimum Gasteiger partial charge on any atom is -0.457 e. The third-order valence-corrected chi connectivity index (χ3v) is 3.57. The molecule has 0 aliphatic heterocycles. The van der Waals surface area contributed by atoms with Gasteiger partial charge in [0.1, 0.15) is 11.5 Å². The minimum absolute atomic E-state index is 0.285. The highest BCUT2D eigenvalue weighted by Crippen LogP contribution is 2.30. The van der Waals surface area contributed by atoms with E-state index in [4.69, 9.17) is 4.74 Å². The Morgan fingerprint density at radius 1 is 0.769 bits per heavy atom. The molecule has 0 aliphatic carbocycles. The van der Waals surface area contributed by atoms with Gasteiger partial charge in [0, 0.05) is 11.3 Å². The van der Waals surface area contributed by atoms with Gasteiger partial charge in [0.2, 0.25) is 0 Å². The Morgan fingerprint density at radius 3 is 1.92 bits per heavy atom. The van der Waals surface area contributed by atoms with Gasteiger partial charge in [0.25, 0.3) is 5.91 Å². The molecule has 0 atom stereocenters. The van der Waals surface area contributed by atoms with Crippen molar-refractivity contribution in [3.8, 4) is 11.5 Å². The first kappa shape index (κ1) is 17.5. The maximum absolute atomic E-state index is 12.5. The fourth-order valence-electron chi connectivity index (χ4n) is 2.24. The fourth-order valence-corrected chi connectivity index (χ4v) is 2.24. The first-order chi connectivity index (χ1) is 12.4. The summed E-state index contributed by atoms with van der Waals surface area (Å²) in [6, 6.07) is 19.9. The van der Waals surface area contributed by atoms with Crippen molar-refractivity contribution < 1.29 is 22.7 Å². The first-order valence-electron chi connectivity index (χ1n) is 7.73. The molecule has 1 N–H and O–H groups in total. The van der Waals surface area contributed by atoms with Gasteiger partial charge in [0.05, 0.1) is 5.56 Å². The number of carbonyl (C=O) groups excluding carboxylic acids is 1. The molecule has 0 aliphatic rings. The van der Waals surface area contributed by atoms with E-state index in [1.165, 1.54) is 12.1 Å². The standard InChI is InChI=1S/C20H14F3NO2/c21-20(22,23)15-8-10-16(11-9-15)24-19(25)14-6-12-18(13-7-14)26-17-4-2-1-3-5-17/h1-13H,(H,24,25). The van der Waals surface area contributed by atoms with Gasteiger partial charge >= 0.3 is 6.18 Å². The molecule has 3 aromatic carbocycles. The number of halogens is 3. The monoisotopic (exact) mass is 357 g/mol. The second-order valence-electron chi connectivity index (χ2n) is 5.47. The van der Waals surface area contributed by atoms with E-state index in [1.807, 2.05) is 30.3 Å². The summed E-state index contributed by atoms with van der Waals surface area (Å²) in [4.78, 5) is 12.2. The number of hydrogen-bond acceptors (Lipinski definition) is 2. The van der Waals surface area contributed by atoms with Crippen LogP contribution in [0.25, 0.3) is 0 Å². The van der Waals surface area contributed by atoms with Gasteiger partial charge in [-0.1, -0.05) is 18.2 Å². The van der Waals surface area contributed by atoms with Crippen LogP contribution >= 0.6 is 0 Å². The largest absolute Gasteiger partial charge is 0.457 e. The van der Waals surface area contributed by atoms with Gasteiger partial charge in [-0.25, -0.2) is 0 Å². The quantitative estimate of drug-likeness (QED) is 0.646. The molecule has 0 fully saturated rings. The number of alkyl halides is 3. The molecule has 3 aromatic rings. The van der Waals surface area contributed by atoms with Crippen molar-refractivity contribution in [3.05, 3.63) is 90.0 Å². The van der Waals surface area contributed by atoms with Crippen LogP contribution < -0.4 is 10.1 Å². The zero-order chi connectivity index (χ0) is 18.6. The molecule has 0 heterocycles. The molecule has 0 unspecified atom stereocenters. The molecule has 26 heavy (non-hydrogen) atoms. The van der Waals surface area contributed by atoms with Crippen molar-refractivity contribution in [2.24, 2.45) is 0 Å². The molecular formula is C20H14F3NO2. The lowest BCUT2D eigenvalue weighted by molar-refractivity contribution is -0.137. The molecule has 0 radical (unpaired) electrons. The van der Waals surface area contributed by atoms with Crippen LogP contribution in [0, 0.1) is 0 Å². The molecule has 0 saturated heterocycles. The summed E-state index contributed by atoms with van der Waals surface area (Å²) in [5, 5.41) is 2.56. The highest BCUT2D eigenvalue weighted by molar-refractivity contribution is 6.04. The third-order valence-electron chi connectivity index (χ3n) is 3.57. The van der Waals surface area contributed by atoms with Crippen LogP contribution in [0.2, 0.25) is 0 Å². The molecule has 132 valence electrons. The number of para-hydroxylation sites is 1. The predicted molar refractivity (Wildman–Crippen MR) is 92.4 cm³/mol. The fraction of sp³-hybridized carbons (Fsp3) is 0.0500. The van der Waals surface area contributed by atoms with E-state index in [1.54, 1.807) is 24.3 Å². The normalized spacial score (nSPS) is 11.0. The van der Waals surface area contributed by atoms with Crippen LogP contribution in [0.5, 0.6) is 11.5 Å². The number of rotatable bonds is 4. The van der Waals surface area contributed by atoms with E-state index in [0.717, 1.165) is 12.1 Å². The maximum atomic E-state index is 12.5. The molecule has 0 spiro atoms. The Morgan fingerprint density at radius 2 is 1.35 bits per heavy atom. The zero-order valence-electron chi connectivity index (χ0n) is 13.5. The summed E-state index contributed by atoms with van der Waals surface area (Å²) in [6.07, 6.45) is -4.41. The summed E-state index contributed by atoms with van der Waals surface area (Å²) in [6.45, 7) is 0. The Balaban J connectivity index is 1.64. The lowest BCUT2D eigenvalue weighted by Gasteiger charge is -2.09. The van der Waals surface area contributed by atoms with Crippen LogP contribution in [0.3, 0.4) is 0 Å². The number of hydrogen-bond donors (Lipinski definition) is 1. The molecule has 0 saturated carbocycles. The Bertz CT molecular complexity index is 874. The second-order valence-corrected chi connectivity index (χ2v) is 5.47. The lowest BCUT2D eigenvalue weighted by atomic mass is 10.1. The summed E-state index contributed by atoms with van der Waals surface area (Å²) < 4.78 is 43.3. The second kappa shape index (κ2) is 7.31. The maximum Gasteiger partial charge on any atom is 0.416 e. The number of ether oxygens (including phenoxy) is 1. The van der Waals surface area contributed by atoms with Gasteiger partial charge in [-0.15, -0.1) is 0 Å². The van der Waals surface area contributed by atoms with Crippen LogP contribution in [0.4, 0.5) is 18.9 Å². The van der Waals surface area contributed by atoms with Gasteiger partial charge in [-0.3, -0.25) is 4.79 Å². The van der Waals surface area contributed by atoms with Gasteiger partial charge < -0.3 is 10.1 Å². The van der Waals surface area contributed by atoms with Crippen molar-refractivity contribution in [2.45, 2.75) is 6.18 Å². The molecular weight excluding hydrogens is 343 g/mol. The van der Waals surface area contributed by atoms with Crippen molar-refractivity contribution in [3.63, 3.8) is 0 Å². The van der Waals surface area contributed by atoms with E-state index >= 15 is 0 Å². The van der Waals surface area contributed by atoms with Gasteiger partial charge in [0.15, 0.2) is 0 Å².